The summed E-state index contributed by atoms with van der Waals surface area (Å²) in [5.74, 6) is 0.748. The number of nitrogens with one attached hydrogen (secondary N) is 1. The van der Waals surface area contributed by atoms with E-state index in [4.69, 9.17) is 0 Å². The number of benzene rings is 1. The number of rotatable bonds is 4. The van der Waals surface area contributed by atoms with Crippen LogP contribution in [-0.2, 0) is 11.2 Å². The van der Waals surface area contributed by atoms with Crippen molar-refractivity contribution < 1.29 is 4.79 Å². The van der Waals surface area contributed by atoms with E-state index in [-0.39, 0.29) is 5.91 Å². The lowest BCUT2D eigenvalue weighted by molar-refractivity contribution is -0.121. The van der Waals surface area contributed by atoms with Gasteiger partial charge in [0.15, 0.2) is 0 Å². The second-order valence-electron chi connectivity index (χ2n) is 5.54. The van der Waals surface area contributed by atoms with Crippen LogP contribution < -0.4 is 5.32 Å². The Bertz CT molecular complexity index is 415. The van der Waals surface area contributed by atoms with Crippen molar-refractivity contribution in [2.24, 2.45) is 5.92 Å². The molecule has 1 N–H and O–H groups in total. The largest absolute Gasteiger partial charge is 0.353 e. The molecular weight excluding hydrogens is 302 g/mol. The molecule has 1 fully saturated rings. The molecule has 104 valence electrons. The van der Waals surface area contributed by atoms with Gasteiger partial charge in [-0.3, -0.25) is 4.79 Å². The van der Waals surface area contributed by atoms with Gasteiger partial charge in [-0.1, -0.05) is 58.6 Å². The molecule has 1 aromatic rings. The number of carbonyl (C=O) groups is 1. The highest BCUT2D eigenvalue weighted by atomic mass is 79.9. The van der Waals surface area contributed by atoms with E-state index in [0.29, 0.717) is 18.4 Å². The minimum Gasteiger partial charge on any atom is -0.353 e. The van der Waals surface area contributed by atoms with Crippen LogP contribution in [0.1, 0.15) is 36.8 Å². The number of alkyl halides is 1. The van der Waals surface area contributed by atoms with Gasteiger partial charge < -0.3 is 5.32 Å². The summed E-state index contributed by atoms with van der Waals surface area (Å²) in [6.45, 7) is 2.06. The number of hydrogen-bond acceptors (Lipinski definition) is 1. The third-order valence-corrected chi connectivity index (χ3v) is 4.77. The minimum absolute atomic E-state index is 0.154. The van der Waals surface area contributed by atoms with Crippen molar-refractivity contribution >= 4 is 21.8 Å². The maximum absolute atomic E-state index is 12.1. The van der Waals surface area contributed by atoms with E-state index in [9.17, 15) is 4.79 Å². The summed E-state index contributed by atoms with van der Waals surface area (Å²) in [6.07, 6.45) is 5.36. The summed E-state index contributed by atoms with van der Waals surface area (Å²) in [5.41, 5.74) is 2.32. The zero-order valence-corrected chi connectivity index (χ0v) is 13.1. The van der Waals surface area contributed by atoms with Crippen LogP contribution in [0.25, 0.3) is 0 Å². The van der Waals surface area contributed by atoms with E-state index < -0.39 is 0 Å². The molecule has 0 radical (unpaired) electrons. The maximum atomic E-state index is 12.1. The van der Waals surface area contributed by atoms with Crippen molar-refractivity contribution in [2.45, 2.75) is 45.1 Å². The fourth-order valence-electron chi connectivity index (χ4n) is 2.73. The van der Waals surface area contributed by atoms with Crippen molar-refractivity contribution in [3.8, 4) is 0 Å². The van der Waals surface area contributed by atoms with E-state index in [1.54, 1.807) is 0 Å². The first-order valence-electron chi connectivity index (χ1n) is 7.10. The molecule has 2 rings (SSSR count). The Morgan fingerprint density at radius 2 is 1.95 bits per heavy atom. The van der Waals surface area contributed by atoms with E-state index >= 15 is 0 Å². The summed E-state index contributed by atoms with van der Waals surface area (Å²) < 4.78 is 0. The minimum atomic E-state index is 0.154. The third kappa shape index (κ3) is 4.34. The fraction of sp³-hybridized carbons (Fsp3) is 0.562. The number of aryl methyl sites for hydroxylation is 1. The zero-order chi connectivity index (χ0) is 13.7. The molecule has 2 atom stereocenters. The van der Waals surface area contributed by atoms with Crippen LogP contribution in [0.15, 0.2) is 24.3 Å². The summed E-state index contributed by atoms with van der Waals surface area (Å²) in [7, 11) is 0. The molecular formula is C16H22BrNO. The number of hydrogen-bond donors (Lipinski definition) is 1. The Labute approximate surface area is 124 Å². The number of halogens is 1. The lowest BCUT2D eigenvalue weighted by Crippen LogP contribution is -2.43. The second-order valence-corrected chi connectivity index (χ2v) is 6.18. The molecule has 0 bridgehead atoms. The lowest BCUT2D eigenvalue weighted by atomic mass is 9.86. The van der Waals surface area contributed by atoms with Gasteiger partial charge in [0.25, 0.3) is 0 Å². The molecule has 0 spiro atoms. The Morgan fingerprint density at radius 3 is 2.63 bits per heavy atom. The Balaban J connectivity index is 1.88. The van der Waals surface area contributed by atoms with Crippen LogP contribution in [0.4, 0.5) is 0 Å². The molecule has 0 aromatic heterocycles. The highest BCUT2D eigenvalue weighted by Crippen LogP contribution is 2.25. The SMILES string of the molecule is Cc1ccc(CC(=O)NC2CCCCC2CBr)cc1. The molecule has 1 aromatic carbocycles. The molecule has 3 heteroatoms. The normalized spacial score (nSPS) is 23.1. The van der Waals surface area contributed by atoms with Gasteiger partial charge >= 0.3 is 0 Å². The summed E-state index contributed by atoms with van der Waals surface area (Å²) in [5, 5.41) is 4.20. The Morgan fingerprint density at radius 1 is 1.26 bits per heavy atom. The van der Waals surface area contributed by atoms with Crippen molar-refractivity contribution in [1.29, 1.82) is 0 Å². The molecule has 1 amide bonds. The molecule has 0 saturated heterocycles. The van der Waals surface area contributed by atoms with Crippen LogP contribution in [-0.4, -0.2) is 17.3 Å². The van der Waals surface area contributed by atoms with Crippen molar-refractivity contribution in [2.75, 3.05) is 5.33 Å². The second kappa shape index (κ2) is 7.09. The van der Waals surface area contributed by atoms with Crippen LogP contribution in [0.2, 0.25) is 0 Å². The average Bonchev–Trinajstić information content (AvgIpc) is 2.42. The van der Waals surface area contributed by atoms with Gasteiger partial charge in [-0.2, -0.15) is 0 Å². The number of amides is 1. The Hall–Kier alpha value is -0.830. The standard InChI is InChI=1S/C16H22BrNO/c1-12-6-8-13(9-7-12)10-16(19)18-15-5-3-2-4-14(15)11-17/h6-9,14-15H,2-5,10-11H2,1H3,(H,18,19). The van der Waals surface area contributed by atoms with Gasteiger partial charge in [0.2, 0.25) is 5.91 Å². The van der Waals surface area contributed by atoms with Crippen LogP contribution >= 0.6 is 15.9 Å². The number of carbonyl (C=O) groups excluding carboxylic acids is 1. The molecule has 0 aliphatic heterocycles. The van der Waals surface area contributed by atoms with Gasteiger partial charge in [-0.25, -0.2) is 0 Å². The van der Waals surface area contributed by atoms with Gasteiger partial charge in [-0.05, 0) is 31.2 Å². The fourth-order valence-corrected chi connectivity index (χ4v) is 3.51. The first kappa shape index (κ1) is 14.6. The molecule has 1 aliphatic rings. The molecule has 2 nitrogen and oxygen atoms in total. The van der Waals surface area contributed by atoms with Gasteiger partial charge in [-0.15, -0.1) is 0 Å². The summed E-state index contributed by atoms with van der Waals surface area (Å²) >= 11 is 3.56. The maximum Gasteiger partial charge on any atom is 0.224 e. The molecule has 1 aliphatic carbocycles. The predicted octanol–water partition coefficient (Wildman–Crippen LogP) is 3.61. The van der Waals surface area contributed by atoms with E-state index in [2.05, 4.69) is 40.3 Å². The Kier molecular flexibility index (Phi) is 5.44. The van der Waals surface area contributed by atoms with Crippen LogP contribution in [0, 0.1) is 12.8 Å². The average molecular weight is 324 g/mol. The first-order valence-corrected chi connectivity index (χ1v) is 8.22. The van der Waals surface area contributed by atoms with Crippen molar-refractivity contribution in [3.05, 3.63) is 35.4 Å². The van der Waals surface area contributed by atoms with Crippen molar-refractivity contribution in [1.82, 2.24) is 5.32 Å². The smallest absolute Gasteiger partial charge is 0.224 e. The predicted molar refractivity (Wildman–Crippen MR) is 82.6 cm³/mol. The summed E-state index contributed by atoms with van der Waals surface area (Å²) in [4.78, 5) is 12.1. The van der Waals surface area contributed by atoms with Crippen molar-refractivity contribution in [3.63, 3.8) is 0 Å². The topological polar surface area (TPSA) is 29.1 Å². The quantitative estimate of drug-likeness (QED) is 0.842. The lowest BCUT2D eigenvalue weighted by Gasteiger charge is -2.31. The van der Waals surface area contributed by atoms with Gasteiger partial charge in [0.05, 0.1) is 6.42 Å². The highest BCUT2D eigenvalue weighted by molar-refractivity contribution is 9.09. The van der Waals surface area contributed by atoms with Gasteiger partial charge in [0, 0.05) is 11.4 Å². The summed E-state index contributed by atoms with van der Waals surface area (Å²) in [6, 6.07) is 8.55. The van der Waals surface area contributed by atoms with E-state index in [1.165, 1.54) is 24.8 Å². The first-order chi connectivity index (χ1) is 9.19. The molecule has 0 heterocycles. The van der Waals surface area contributed by atoms with E-state index in [0.717, 1.165) is 17.3 Å². The third-order valence-electron chi connectivity index (χ3n) is 3.94. The van der Waals surface area contributed by atoms with Crippen LogP contribution in [0.5, 0.6) is 0 Å². The molecule has 1 saturated carbocycles. The molecule has 19 heavy (non-hydrogen) atoms. The van der Waals surface area contributed by atoms with Gasteiger partial charge in [0.1, 0.15) is 0 Å². The monoisotopic (exact) mass is 323 g/mol. The highest BCUT2D eigenvalue weighted by Gasteiger charge is 2.25. The van der Waals surface area contributed by atoms with Crippen LogP contribution in [0.3, 0.4) is 0 Å². The molecule has 2 unspecified atom stereocenters. The van der Waals surface area contributed by atoms with E-state index in [1.807, 2.05) is 12.1 Å². The zero-order valence-electron chi connectivity index (χ0n) is 11.5.